The van der Waals surface area contributed by atoms with Crippen molar-refractivity contribution in [2.45, 2.75) is 6.17 Å². The Labute approximate surface area is 89.2 Å². The first-order chi connectivity index (χ1) is 6.81. The molecule has 72 valence electrons. The summed E-state index contributed by atoms with van der Waals surface area (Å²) in [7, 11) is 2.01. The first-order valence-corrected chi connectivity index (χ1v) is 4.99. The van der Waals surface area contributed by atoms with E-state index < -0.39 is 0 Å². The minimum atomic E-state index is 0.139. The summed E-state index contributed by atoms with van der Waals surface area (Å²) in [5, 5.41) is 5.06. The summed E-state index contributed by atoms with van der Waals surface area (Å²) in [5.74, 6) is 0. The number of benzene rings is 1. The van der Waals surface area contributed by atoms with Crippen molar-refractivity contribution in [2.24, 2.45) is 0 Å². The first kappa shape index (κ1) is 9.21. The summed E-state index contributed by atoms with van der Waals surface area (Å²) in [6.07, 6.45) is 2.21. The molecule has 1 unspecified atom stereocenters. The van der Waals surface area contributed by atoms with Gasteiger partial charge in [0.15, 0.2) is 0 Å². The predicted molar refractivity (Wildman–Crippen MR) is 62.8 cm³/mol. The predicted octanol–water partition coefficient (Wildman–Crippen LogP) is 1.85. The Hall–Kier alpha value is -1.35. The van der Waals surface area contributed by atoms with E-state index in [1.807, 2.05) is 25.2 Å². The van der Waals surface area contributed by atoms with E-state index in [1.165, 1.54) is 5.56 Å². The molecule has 1 aromatic carbocycles. The van der Waals surface area contributed by atoms with Crippen molar-refractivity contribution in [3.63, 3.8) is 0 Å². The monoisotopic (exact) mass is 204 g/mol. The lowest BCUT2D eigenvalue weighted by molar-refractivity contribution is 0.421. The fourth-order valence-corrected chi connectivity index (χ4v) is 1.75. The smallest absolute Gasteiger partial charge is 0.128 e. The molecule has 2 nitrogen and oxygen atoms in total. The number of thiocarbonyl (C=S) groups is 1. The van der Waals surface area contributed by atoms with Crippen molar-refractivity contribution in [2.75, 3.05) is 7.05 Å². The topological polar surface area (TPSA) is 15.3 Å². The van der Waals surface area contributed by atoms with Gasteiger partial charge in [0.25, 0.3) is 0 Å². The molecular weight excluding hydrogens is 192 g/mol. The number of hydrogen-bond donors (Lipinski definition) is 1. The second-order valence-electron chi connectivity index (χ2n) is 3.30. The van der Waals surface area contributed by atoms with Gasteiger partial charge in [0.05, 0.1) is 5.70 Å². The number of rotatable bonds is 2. The minimum Gasteiger partial charge on any atom is -0.360 e. The molecule has 0 radical (unpaired) electrons. The molecule has 0 saturated carbocycles. The van der Waals surface area contributed by atoms with E-state index in [0.717, 1.165) is 5.70 Å². The molecule has 1 atom stereocenters. The van der Waals surface area contributed by atoms with Gasteiger partial charge in [0.2, 0.25) is 0 Å². The zero-order valence-electron chi connectivity index (χ0n) is 7.97. The quantitative estimate of drug-likeness (QED) is 0.740. The van der Waals surface area contributed by atoms with E-state index in [0.29, 0.717) is 0 Å². The van der Waals surface area contributed by atoms with Gasteiger partial charge in [-0.05, 0) is 5.56 Å². The number of hydrogen-bond acceptors (Lipinski definition) is 3. The fourth-order valence-electron chi connectivity index (χ4n) is 1.49. The van der Waals surface area contributed by atoms with Crippen molar-refractivity contribution in [1.29, 1.82) is 0 Å². The van der Waals surface area contributed by atoms with Crippen LogP contribution in [-0.4, -0.2) is 23.5 Å². The van der Waals surface area contributed by atoms with E-state index in [1.54, 1.807) is 5.37 Å². The van der Waals surface area contributed by atoms with Crippen molar-refractivity contribution >= 4 is 23.3 Å². The van der Waals surface area contributed by atoms with Gasteiger partial charge >= 0.3 is 0 Å². The van der Waals surface area contributed by atoms with E-state index in [4.69, 9.17) is 12.2 Å². The highest BCUT2D eigenvalue weighted by molar-refractivity contribution is 7.79. The highest BCUT2D eigenvalue weighted by Gasteiger charge is 2.18. The van der Waals surface area contributed by atoms with E-state index in [-0.39, 0.29) is 6.17 Å². The normalized spacial score (nSPS) is 20.2. The van der Waals surface area contributed by atoms with Crippen LogP contribution >= 0.6 is 12.2 Å². The Morgan fingerprint density at radius 3 is 2.64 bits per heavy atom. The van der Waals surface area contributed by atoms with Crippen LogP contribution in [0.5, 0.6) is 0 Å². The Balaban J connectivity index is 2.23. The van der Waals surface area contributed by atoms with Crippen LogP contribution in [0.2, 0.25) is 0 Å². The lowest BCUT2D eigenvalue weighted by atomic mass is 10.2. The van der Waals surface area contributed by atoms with Crippen LogP contribution in [0.4, 0.5) is 0 Å². The van der Waals surface area contributed by atoms with Crippen LogP contribution in [-0.2, 0) is 0 Å². The van der Waals surface area contributed by atoms with Gasteiger partial charge in [-0.1, -0.05) is 42.5 Å². The number of nitrogens with zero attached hydrogens (tertiary/aromatic N) is 1. The molecule has 1 aliphatic heterocycles. The summed E-state index contributed by atoms with van der Waals surface area (Å²) < 4.78 is 0. The SMILES string of the molecule is CN1C=C(c2ccccc2)NC1C=S. The maximum absolute atomic E-state index is 4.93. The standard InChI is InChI=1S/C11H12N2S/c1-13-7-10(12-11(13)8-14)9-5-3-2-4-6-9/h2-8,11-12H,1H3. The van der Waals surface area contributed by atoms with Gasteiger partial charge in [-0.15, -0.1) is 0 Å². The van der Waals surface area contributed by atoms with Crippen LogP contribution in [0, 0.1) is 0 Å². The Kier molecular flexibility index (Phi) is 2.50. The van der Waals surface area contributed by atoms with Crippen LogP contribution in [0.15, 0.2) is 36.5 Å². The molecule has 0 aromatic heterocycles. The van der Waals surface area contributed by atoms with Gasteiger partial charge in [0, 0.05) is 18.6 Å². The summed E-state index contributed by atoms with van der Waals surface area (Å²) in [5.41, 5.74) is 2.32. The van der Waals surface area contributed by atoms with Crippen molar-refractivity contribution in [3.05, 3.63) is 42.1 Å². The number of nitrogens with one attached hydrogen (secondary N) is 1. The highest BCUT2D eigenvalue weighted by atomic mass is 32.1. The fraction of sp³-hybridized carbons (Fsp3) is 0.182. The third kappa shape index (κ3) is 1.63. The molecule has 3 heteroatoms. The van der Waals surface area contributed by atoms with Gasteiger partial charge in [-0.25, -0.2) is 0 Å². The van der Waals surface area contributed by atoms with Gasteiger partial charge in [-0.3, -0.25) is 0 Å². The lowest BCUT2D eigenvalue weighted by Crippen LogP contribution is -2.33. The second-order valence-corrected chi connectivity index (χ2v) is 3.57. The molecule has 0 aliphatic carbocycles. The molecule has 1 heterocycles. The summed E-state index contributed by atoms with van der Waals surface area (Å²) in [4.78, 5) is 2.06. The van der Waals surface area contributed by atoms with Crippen molar-refractivity contribution in [1.82, 2.24) is 10.2 Å². The Morgan fingerprint density at radius 1 is 1.36 bits per heavy atom. The Bertz CT molecular complexity index is 359. The minimum absolute atomic E-state index is 0.139. The van der Waals surface area contributed by atoms with E-state index >= 15 is 0 Å². The molecule has 1 N–H and O–H groups in total. The molecule has 0 saturated heterocycles. The average molecular weight is 204 g/mol. The van der Waals surface area contributed by atoms with Crippen LogP contribution in [0.3, 0.4) is 0 Å². The maximum Gasteiger partial charge on any atom is 0.128 e. The molecule has 2 rings (SSSR count). The molecule has 1 aromatic rings. The molecule has 0 bridgehead atoms. The third-order valence-corrected chi connectivity index (χ3v) is 2.55. The molecule has 0 fully saturated rings. The second kappa shape index (κ2) is 3.80. The van der Waals surface area contributed by atoms with Gasteiger partial charge in [-0.2, -0.15) is 0 Å². The molecule has 1 aliphatic rings. The third-order valence-electron chi connectivity index (χ3n) is 2.29. The van der Waals surface area contributed by atoms with Gasteiger partial charge < -0.3 is 10.2 Å². The average Bonchev–Trinajstić information content (AvgIpc) is 2.61. The Morgan fingerprint density at radius 2 is 2.07 bits per heavy atom. The zero-order valence-corrected chi connectivity index (χ0v) is 8.79. The van der Waals surface area contributed by atoms with Crippen molar-refractivity contribution in [3.8, 4) is 0 Å². The van der Waals surface area contributed by atoms with Crippen LogP contribution in [0.25, 0.3) is 5.70 Å². The van der Waals surface area contributed by atoms with Crippen LogP contribution in [0.1, 0.15) is 5.56 Å². The summed E-state index contributed by atoms with van der Waals surface area (Å²) >= 11 is 4.93. The molecule has 0 spiro atoms. The van der Waals surface area contributed by atoms with Gasteiger partial charge in [0.1, 0.15) is 6.17 Å². The summed E-state index contributed by atoms with van der Waals surface area (Å²) in [6.45, 7) is 0. The molecule has 0 amide bonds. The largest absolute Gasteiger partial charge is 0.360 e. The van der Waals surface area contributed by atoms with Crippen molar-refractivity contribution < 1.29 is 0 Å². The highest BCUT2D eigenvalue weighted by Crippen LogP contribution is 2.17. The summed E-state index contributed by atoms with van der Waals surface area (Å²) in [6, 6.07) is 10.2. The maximum atomic E-state index is 4.93. The zero-order chi connectivity index (χ0) is 9.97. The van der Waals surface area contributed by atoms with E-state index in [2.05, 4.69) is 28.5 Å². The van der Waals surface area contributed by atoms with E-state index in [9.17, 15) is 0 Å². The first-order valence-electron chi connectivity index (χ1n) is 4.52. The lowest BCUT2D eigenvalue weighted by Gasteiger charge is -2.15. The molecular formula is C11H12N2S. The molecule has 14 heavy (non-hydrogen) atoms. The van der Waals surface area contributed by atoms with Crippen LogP contribution < -0.4 is 5.32 Å².